The Hall–Kier alpha value is -0.690. The molecular weight excluding hydrogens is 262 g/mol. The maximum absolute atomic E-state index is 11.7. The zero-order valence-corrected chi connectivity index (χ0v) is 11.2. The molecule has 1 aliphatic heterocycles. The van der Waals surface area contributed by atoms with Gasteiger partial charge < -0.3 is 15.4 Å². The quantitative estimate of drug-likeness (QED) is 0.830. The van der Waals surface area contributed by atoms with Gasteiger partial charge in [0.15, 0.2) is 0 Å². The summed E-state index contributed by atoms with van der Waals surface area (Å²) in [6.07, 6.45) is 0. The van der Waals surface area contributed by atoms with Crippen LogP contribution in [0.1, 0.15) is 15.5 Å². The Kier molecular flexibility index (Phi) is 5.84. The van der Waals surface area contributed by atoms with Crippen molar-refractivity contribution < 1.29 is 9.53 Å². The first-order valence-corrected chi connectivity index (χ1v) is 6.10. The van der Waals surface area contributed by atoms with E-state index in [0.29, 0.717) is 18.2 Å². The van der Waals surface area contributed by atoms with Crippen molar-refractivity contribution in [2.45, 2.75) is 6.61 Å². The highest BCUT2D eigenvalue weighted by molar-refractivity contribution is 7.09. The first kappa shape index (κ1) is 14.4. The van der Waals surface area contributed by atoms with E-state index in [-0.39, 0.29) is 18.3 Å². The molecule has 1 saturated heterocycles. The first-order chi connectivity index (χ1) is 7.79. The lowest BCUT2D eigenvalue weighted by Crippen LogP contribution is -2.48. The van der Waals surface area contributed by atoms with Crippen LogP contribution in [0.5, 0.6) is 0 Å². The van der Waals surface area contributed by atoms with Crippen molar-refractivity contribution in [1.29, 1.82) is 0 Å². The third-order valence-electron chi connectivity index (χ3n) is 2.47. The third kappa shape index (κ3) is 3.92. The lowest BCUT2D eigenvalue weighted by molar-refractivity contribution is 0.0937. The molecule has 17 heavy (non-hydrogen) atoms. The van der Waals surface area contributed by atoms with Crippen LogP contribution in [0.3, 0.4) is 0 Å². The zero-order valence-electron chi connectivity index (χ0n) is 9.56. The summed E-state index contributed by atoms with van der Waals surface area (Å²) in [5.74, 6) is 0.478. The van der Waals surface area contributed by atoms with Gasteiger partial charge in [-0.3, -0.25) is 4.79 Å². The van der Waals surface area contributed by atoms with Crippen LogP contribution >= 0.6 is 23.7 Å². The molecule has 0 unspecified atom stereocenters. The summed E-state index contributed by atoms with van der Waals surface area (Å²) in [5.41, 5.74) is 0.490. The molecule has 0 aromatic carbocycles. The van der Waals surface area contributed by atoms with Crippen molar-refractivity contribution >= 4 is 29.7 Å². The molecular formula is C10H16ClN3O2S. The number of ether oxygens (including phenoxy) is 1. The van der Waals surface area contributed by atoms with E-state index in [1.54, 1.807) is 12.5 Å². The van der Waals surface area contributed by atoms with Crippen LogP contribution in [0.25, 0.3) is 0 Å². The van der Waals surface area contributed by atoms with Crippen LogP contribution in [0.15, 0.2) is 5.38 Å². The van der Waals surface area contributed by atoms with Crippen LogP contribution in [0, 0.1) is 5.92 Å². The second-order valence-corrected chi connectivity index (χ2v) is 4.74. The van der Waals surface area contributed by atoms with Gasteiger partial charge in [-0.15, -0.1) is 23.7 Å². The van der Waals surface area contributed by atoms with Crippen LogP contribution < -0.4 is 10.6 Å². The van der Waals surface area contributed by atoms with Gasteiger partial charge >= 0.3 is 0 Å². The maximum atomic E-state index is 11.7. The molecule has 1 fully saturated rings. The van der Waals surface area contributed by atoms with Gasteiger partial charge in [-0.05, 0) is 0 Å². The number of hydrogen-bond donors (Lipinski definition) is 2. The molecule has 0 spiro atoms. The molecule has 0 bridgehead atoms. The summed E-state index contributed by atoms with van der Waals surface area (Å²) < 4.78 is 4.95. The molecule has 96 valence electrons. The number of methoxy groups -OCH3 is 1. The number of hydrogen-bond acceptors (Lipinski definition) is 5. The second-order valence-electron chi connectivity index (χ2n) is 3.79. The van der Waals surface area contributed by atoms with Crippen molar-refractivity contribution in [3.63, 3.8) is 0 Å². The van der Waals surface area contributed by atoms with Crippen molar-refractivity contribution in [1.82, 2.24) is 15.6 Å². The predicted molar refractivity (Wildman–Crippen MR) is 68.8 cm³/mol. The Bertz CT molecular complexity index is 368. The van der Waals surface area contributed by atoms with Gasteiger partial charge in [-0.1, -0.05) is 0 Å². The summed E-state index contributed by atoms with van der Waals surface area (Å²) in [4.78, 5) is 15.9. The molecule has 0 atom stereocenters. The molecule has 2 heterocycles. The molecule has 1 aromatic rings. The molecule has 1 amide bonds. The minimum atomic E-state index is -0.0921. The van der Waals surface area contributed by atoms with E-state index < -0.39 is 0 Å². The molecule has 5 nitrogen and oxygen atoms in total. The van der Waals surface area contributed by atoms with Gasteiger partial charge in [0, 0.05) is 38.0 Å². The fraction of sp³-hybridized carbons (Fsp3) is 0.600. The predicted octanol–water partition coefficient (Wildman–Crippen LogP) is 0.661. The fourth-order valence-corrected chi connectivity index (χ4v) is 2.17. The van der Waals surface area contributed by atoms with Crippen molar-refractivity contribution in [2.75, 3.05) is 26.7 Å². The number of aromatic nitrogens is 1. The van der Waals surface area contributed by atoms with E-state index in [0.717, 1.165) is 24.6 Å². The number of halogens is 1. The van der Waals surface area contributed by atoms with Gasteiger partial charge in [0.2, 0.25) is 0 Å². The highest BCUT2D eigenvalue weighted by atomic mass is 35.5. The number of rotatable bonds is 5. The third-order valence-corrected chi connectivity index (χ3v) is 3.29. The summed E-state index contributed by atoms with van der Waals surface area (Å²) in [6, 6.07) is 0. The summed E-state index contributed by atoms with van der Waals surface area (Å²) in [6.45, 7) is 3.17. The second kappa shape index (κ2) is 6.90. The van der Waals surface area contributed by atoms with Gasteiger partial charge in [-0.25, -0.2) is 4.98 Å². The van der Waals surface area contributed by atoms with Gasteiger partial charge in [-0.2, -0.15) is 0 Å². The lowest BCUT2D eigenvalue weighted by atomic mass is 10.0. The zero-order chi connectivity index (χ0) is 11.4. The minimum Gasteiger partial charge on any atom is -0.378 e. The van der Waals surface area contributed by atoms with Crippen LogP contribution in [0.4, 0.5) is 0 Å². The Morgan fingerprint density at radius 1 is 1.71 bits per heavy atom. The number of carbonyl (C=O) groups is 1. The van der Waals surface area contributed by atoms with Crippen molar-refractivity contribution in [3.8, 4) is 0 Å². The SMILES string of the molecule is COCc1nc(C(=O)NCC2CNC2)cs1.Cl. The summed E-state index contributed by atoms with van der Waals surface area (Å²) in [7, 11) is 1.62. The Labute approximate surface area is 110 Å². The molecule has 2 rings (SSSR count). The number of nitrogens with one attached hydrogen (secondary N) is 2. The molecule has 0 radical (unpaired) electrons. The normalized spacial score (nSPS) is 14.9. The number of amides is 1. The maximum Gasteiger partial charge on any atom is 0.270 e. The van der Waals surface area contributed by atoms with Crippen LogP contribution in [-0.2, 0) is 11.3 Å². The number of carbonyl (C=O) groups excluding carboxylic acids is 1. The average Bonchev–Trinajstić information content (AvgIpc) is 2.64. The topological polar surface area (TPSA) is 63.2 Å². The molecule has 2 N–H and O–H groups in total. The standard InChI is InChI=1S/C10H15N3O2S.ClH/c1-15-5-9-13-8(6-16-9)10(14)12-4-7-2-11-3-7;/h6-7,11H,2-5H2,1H3,(H,12,14);1H. The van der Waals surface area contributed by atoms with Gasteiger partial charge in [0.05, 0.1) is 6.61 Å². The van der Waals surface area contributed by atoms with Crippen molar-refractivity contribution in [3.05, 3.63) is 16.1 Å². The first-order valence-electron chi connectivity index (χ1n) is 5.22. The smallest absolute Gasteiger partial charge is 0.270 e. The van der Waals surface area contributed by atoms with Crippen molar-refractivity contribution in [2.24, 2.45) is 5.92 Å². The Morgan fingerprint density at radius 2 is 2.47 bits per heavy atom. The Morgan fingerprint density at radius 3 is 3.06 bits per heavy atom. The van der Waals surface area contributed by atoms with E-state index in [4.69, 9.17) is 4.74 Å². The van der Waals surface area contributed by atoms with Crippen LogP contribution in [-0.4, -0.2) is 37.6 Å². The lowest BCUT2D eigenvalue weighted by Gasteiger charge is -2.26. The van der Waals surface area contributed by atoms with Gasteiger partial charge in [0.25, 0.3) is 5.91 Å². The Balaban J connectivity index is 0.00000144. The summed E-state index contributed by atoms with van der Waals surface area (Å²) >= 11 is 1.45. The van der Waals surface area contributed by atoms with E-state index in [9.17, 15) is 4.79 Å². The van der Waals surface area contributed by atoms with Crippen LogP contribution in [0.2, 0.25) is 0 Å². The molecule has 0 aliphatic carbocycles. The largest absolute Gasteiger partial charge is 0.378 e. The summed E-state index contributed by atoms with van der Waals surface area (Å²) in [5, 5.41) is 8.64. The minimum absolute atomic E-state index is 0. The highest BCUT2D eigenvalue weighted by Gasteiger charge is 2.18. The number of nitrogens with zero attached hydrogens (tertiary/aromatic N) is 1. The van der Waals surface area contributed by atoms with E-state index in [2.05, 4.69) is 15.6 Å². The van der Waals surface area contributed by atoms with E-state index >= 15 is 0 Å². The fourth-order valence-electron chi connectivity index (χ4n) is 1.43. The highest BCUT2D eigenvalue weighted by Crippen LogP contribution is 2.10. The van der Waals surface area contributed by atoms with Gasteiger partial charge in [0.1, 0.15) is 10.7 Å². The molecule has 7 heteroatoms. The van der Waals surface area contributed by atoms with E-state index in [1.165, 1.54) is 11.3 Å². The molecule has 1 aromatic heterocycles. The molecule has 0 saturated carbocycles. The number of thiazole rings is 1. The monoisotopic (exact) mass is 277 g/mol. The molecule has 1 aliphatic rings. The van der Waals surface area contributed by atoms with E-state index in [1.807, 2.05) is 0 Å². The average molecular weight is 278 g/mol.